The molecular formula is C22H26N2O5S. The molecule has 1 N–H and O–H groups in total. The number of carbonyl (C=O) groups excluding carboxylic acids is 1. The van der Waals surface area contributed by atoms with Crippen molar-refractivity contribution in [2.24, 2.45) is 0 Å². The van der Waals surface area contributed by atoms with Gasteiger partial charge in [-0.3, -0.25) is 0 Å². The Balaban J connectivity index is 1.52. The molecule has 2 aromatic rings. The second kappa shape index (κ2) is 8.18. The molecule has 2 heterocycles. The van der Waals surface area contributed by atoms with Gasteiger partial charge in [0.1, 0.15) is 0 Å². The molecule has 0 aromatic heterocycles. The Kier molecular flexibility index (Phi) is 5.60. The van der Waals surface area contributed by atoms with E-state index in [-0.39, 0.29) is 18.1 Å². The van der Waals surface area contributed by atoms with Gasteiger partial charge in [0.25, 0.3) is 0 Å². The predicted octanol–water partition coefficient (Wildman–Crippen LogP) is 3.71. The minimum absolute atomic E-state index is 0.0937. The summed E-state index contributed by atoms with van der Waals surface area (Å²) in [6, 6.07) is 13.5. The van der Waals surface area contributed by atoms with E-state index in [2.05, 4.69) is 5.32 Å². The van der Waals surface area contributed by atoms with Crippen LogP contribution in [0.5, 0.6) is 11.5 Å². The van der Waals surface area contributed by atoms with Gasteiger partial charge in [-0.25, -0.2) is 13.2 Å². The van der Waals surface area contributed by atoms with Crippen molar-refractivity contribution >= 4 is 21.6 Å². The number of amides is 2. The van der Waals surface area contributed by atoms with E-state index in [1.807, 2.05) is 11.0 Å². The lowest BCUT2D eigenvalue weighted by Crippen LogP contribution is -2.51. The predicted molar refractivity (Wildman–Crippen MR) is 114 cm³/mol. The number of benzene rings is 2. The molecule has 2 saturated heterocycles. The maximum atomic E-state index is 13.1. The number of anilines is 1. The van der Waals surface area contributed by atoms with E-state index in [1.54, 1.807) is 49.6 Å². The first kappa shape index (κ1) is 20.5. The van der Waals surface area contributed by atoms with Crippen molar-refractivity contribution in [3.8, 4) is 11.5 Å². The number of hydrogen-bond donors (Lipinski definition) is 1. The van der Waals surface area contributed by atoms with E-state index in [4.69, 9.17) is 9.47 Å². The van der Waals surface area contributed by atoms with Crippen molar-refractivity contribution in [2.75, 3.05) is 19.5 Å². The van der Waals surface area contributed by atoms with Crippen molar-refractivity contribution in [3.63, 3.8) is 0 Å². The Morgan fingerprint density at radius 3 is 2.23 bits per heavy atom. The number of carbonyl (C=O) groups is 1. The second-order valence-electron chi connectivity index (χ2n) is 7.71. The highest BCUT2D eigenvalue weighted by atomic mass is 32.2. The highest BCUT2D eigenvalue weighted by molar-refractivity contribution is 7.92. The zero-order valence-electron chi connectivity index (χ0n) is 17.1. The summed E-state index contributed by atoms with van der Waals surface area (Å²) in [6.45, 7) is 0. The highest BCUT2D eigenvalue weighted by Crippen LogP contribution is 2.41. The molecule has 4 rings (SSSR count). The number of piperidine rings is 1. The molecule has 2 aliphatic heterocycles. The Bertz CT molecular complexity index is 1010. The SMILES string of the molecule is COc1cccc(NC(=O)N2C3CCC2CC(S(=O)(=O)c2ccccc2)C3)c1OC. The number of urea groups is 1. The zero-order valence-corrected chi connectivity index (χ0v) is 17.9. The smallest absolute Gasteiger partial charge is 0.322 e. The van der Waals surface area contributed by atoms with Crippen LogP contribution in [0.2, 0.25) is 0 Å². The second-order valence-corrected chi connectivity index (χ2v) is 9.94. The molecule has 160 valence electrons. The Hall–Kier alpha value is -2.74. The number of rotatable bonds is 5. The zero-order chi connectivity index (χ0) is 21.3. The Labute approximate surface area is 176 Å². The number of hydrogen-bond acceptors (Lipinski definition) is 5. The van der Waals surface area contributed by atoms with Crippen LogP contribution in [0.25, 0.3) is 0 Å². The van der Waals surface area contributed by atoms with Crippen LogP contribution in [0.4, 0.5) is 10.5 Å². The Morgan fingerprint density at radius 2 is 1.63 bits per heavy atom. The van der Waals surface area contributed by atoms with Gasteiger partial charge in [-0.1, -0.05) is 24.3 Å². The third kappa shape index (κ3) is 3.60. The summed E-state index contributed by atoms with van der Waals surface area (Å²) >= 11 is 0. The van der Waals surface area contributed by atoms with Gasteiger partial charge in [-0.2, -0.15) is 0 Å². The molecule has 0 spiro atoms. The van der Waals surface area contributed by atoms with Crippen molar-refractivity contribution in [3.05, 3.63) is 48.5 Å². The number of ether oxygens (including phenoxy) is 2. The largest absolute Gasteiger partial charge is 0.493 e. The van der Waals surface area contributed by atoms with Crippen molar-refractivity contribution in [2.45, 2.75) is 47.9 Å². The van der Waals surface area contributed by atoms with Crippen LogP contribution >= 0.6 is 0 Å². The van der Waals surface area contributed by atoms with Crippen LogP contribution in [0.15, 0.2) is 53.4 Å². The molecular weight excluding hydrogens is 404 g/mol. The summed E-state index contributed by atoms with van der Waals surface area (Å²) in [4.78, 5) is 15.3. The minimum atomic E-state index is -3.41. The first-order chi connectivity index (χ1) is 14.5. The maximum absolute atomic E-state index is 13.1. The lowest BCUT2D eigenvalue weighted by atomic mass is 10.0. The highest BCUT2D eigenvalue weighted by Gasteiger charge is 2.47. The normalized spacial score (nSPS) is 23.1. The van der Waals surface area contributed by atoms with Gasteiger partial charge in [0, 0.05) is 12.1 Å². The lowest BCUT2D eigenvalue weighted by Gasteiger charge is -2.38. The quantitative estimate of drug-likeness (QED) is 0.782. The van der Waals surface area contributed by atoms with Gasteiger partial charge < -0.3 is 19.7 Å². The van der Waals surface area contributed by atoms with Gasteiger partial charge >= 0.3 is 6.03 Å². The minimum Gasteiger partial charge on any atom is -0.493 e. The van der Waals surface area contributed by atoms with Gasteiger partial charge in [0.05, 0.1) is 30.1 Å². The van der Waals surface area contributed by atoms with Crippen LogP contribution in [0.3, 0.4) is 0 Å². The monoisotopic (exact) mass is 430 g/mol. The molecule has 2 unspecified atom stereocenters. The first-order valence-corrected chi connectivity index (χ1v) is 11.6. The molecule has 0 aliphatic carbocycles. The molecule has 7 nitrogen and oxygen atoms in total. The average molecular weight is 431 g/mol. The molecule has 30 heavy (non-hydrogen) atoms. The fraction of sp³-hybridized carbons (Fsp3) is 0.409. The summed E-state index contributed by atoms with van der Waals surface area (Å²) in [5.74, 6) is 0.994. The van der Waals surface area contributed by atoms with E-state index < -0.39 is 15.1 Å². The van der Waals surface area contributed by atoms with Gasteiger partial charge in [0.2, 0.25) is 0 Å². The van der Waals surface area contributed by atoms with Gasteiger partial charge in [-0.15, -0.1) is 0 Å². The van der Waals surface area contributed by atoms with Crippen molar-refractivity contribution < 1.29 is 22.7 Å². The number of para-hydroxylation sites is 1. The van der Waals surface area contributed by atoms with E-state index >= 15 is 0 Å². The summed E-state index contributed by atoms with van der Waals surface area (Å²) in [5, 5.41) is 2.46. The standard InChI is InChI=1S/C22H26N2O5S/c1-28-20-10-6-9-19(21(20)29-2)23-22(25)24-15-11-12-16(24)14-18(13-15)30(26,27)17-7-4-3-5-8-17/h3-10,15-16,18H,11-14H2,1-2H3,(H,23,25). The van der Waals surface area contributed by atoms with Gasteiger partial charge in [-0.05, 0) is 49.9 Å². The maximum Gasteiger partial charge on any atom is 0.322 e. The molecule has 2 fully saturated rings. The van der Waals surface area contributed by atoms with Crippen LogP contribution in [-0.2, 0) is 9.84 Å². The molecule has 2 bridgehead atoms. The molecule has 2 atom stereocenters. The molecule has 8 heteroatoms. The summed E-state index contributed by atoms with van der Waals surface area (Å²) in [5.41, 5.74) is 0.528. The van der Waals surface area contributed by atoms with Crippen LogP contribution < -0.4 is 14.8 Å². The topological polar surface area (TPSA) is 84.9 Å². The third-order valence-corrected chi connectivity index (χ3v) is 8.27. The lowest BCUT2D eigenvalue weighted by molar-refractivity contribution is 0.159. The molecule has 0 radical (unpaired) electrons. The van der Waals surface area contributed by atoms with E-state index in [9.17, 15) is 13.2 Å². The average Bonchev–Trinajstić information content (AvgIpc) is 3.03. The fourth-order valence-electron chi connectivity index (χ4n) is 4.68. The van der Waals surface area contributed by atoms with E-state index in [1.165, 1.54) is 7.11 Å². The number of sulfone groups is 1. The molecule has 0 saturated carbocycles. The Morgan fingerprint density at radius 1 is 0.967 bits per heavy atom. The van der Waals surface area contributed by atoms with Gasteiger partial charge in [0.15, 0.2) is 21.3 Å². The number of methoxy groups -OCH3 is 2. The number of nitrogens with zero attached hydrogens (tertiary/aromatic N) is 1. The number of fused-ring (bicyclic) bond motifs is 2. The molecule has 2 aromatic carbocycles. The van der Waals surface area contributed by atoms with E-state index in [0.717, 1.165) is 12.8 Å². The first-order valence-electron chi connectivity index (χ1n) is 10.0. The van der Waals surface area contributed by atoms with Crippen molar-refractivity contribution in [1.29, 1.82) is 0 Å². The molecule has 2 amide bonds. The number of nitrogens with one attached hydrogen (secondary N) is 1. The fourth-order valence-corrected chi connectivity index (χ4v) is 6.55. The van der Waals surface area contributed by atoms with Crippen LogP contribution in [-0.4, -0.2) is 50.9 Å². The summed E-state index contributed by atoms with van der Waals surface area (Å²) in [6.07, 6.45) is 2.54. The summed E-state index contributed by atoms with van der Waals surface area (Å²) in [7, 11) is -0.342. The van der Waals surface area contributed by atoms with E-state index in [0.29, 0.717) is 34.9 Å². The van der Waals surface area contributed by atoms with Crippen LogP contribution in [0.1, 0.15) is 25.7 Å². The molecule has 2 aliphatic rings. The van der Waals surface area contributed by atoms with Crippen LogP contribution in [0, 0.1) is 0 Å². The summed E-state index contributed by atoms with van der Waals surface area (Å²) < 4.78 is 36.8. The van der Waals surface area contributed by atoms with Crippen molar-refractivity contribution in [1.82, 2.24) is 4.90 Å². The third-order valence-electron chi connectivity index (χ3n) is 6.08.